The number of aromatic nitrogens is 2. The first-order valence-electron chi connectivity index (χ1n) is 6.50. The summed E-state index contributed by atoms with van der Waals surface area (Å²) in [5.41, 5.74) is 0. The summed E-state index contributed by atoms with van der Waals surface area (Å²) in [4.78, 5) is 20.2. The van der Waals surface area contributed by atoms with E-state index in [1.54, 1.807) is 25.4 Å². The van der Waals surface area contributed by atoms with Crippen molar-refractivity contribution in [2.45, 2.75) is 6.42 Å². The average molecular weight is 326 g/mol. The molecule has 0 aromatic carbocycles. The number of pyridine rings is 2. The molecule has 1 aliphatic carbocycles. The first-order valence-corrected chi connectivity index (χ1v) is 7.25. The van der Waals surface area contributed by atoms with Gasteiger partial charge in [0.25, 0.3) is 0 Å². The molecule has 0 spiro atoms. The highest BCUT2D eigenvalue weighted by atomic mass is 35.5. The molecule has 2 atom stereocenters. The number of carbonyl (C=O) groups is 1. The molecule has 0 aliphatic heterocycles. The number of nitrogens with one attached hydrogen (secondary N) is 1. The topological polar surface area (TPSA) is 64.1 Å². The van der Waals surface area contributed by atoms with Gasteiger partial charge in [0.2, 0.25) is 5.91 Å². The lowest BCUT2D eigenvalue weighted by Crippen LogP contribution is -2.16. The molecule has 1 aliphatic rings. The molecule has 1 N–H and O–H groups in total. The number of hydrogen-bond donors (Lipinski definition) is 1. The van der Waals surface area contributed by atoms with Gasteiger partial charge in [-0.3, -0.25) is 4.79 Å². The van der Waals surface area contributed by atoms with Gasteiger partial charge in [0.1, 0.15) is 16.1 Å². The molecule has 2 aromatic rings. The molecule has 21 heavy (non-hydrogen) atoms. The van der Waals surface area contributed by atoms with Crippen LogP contribution in [0.5, 0.6) is 0 Å². The van der Waals surface area contributed by atoms with E-state index in [0.717, 1.165) is 11.8 Å². The van der Waals surface area contributed by atoms with Gasteiger partial charge in [-0.2, -0.15) is 0 Å². The number of rotatable bonds is 4. The third kappa shape index (κ3) is 3.10. The molecular formula is C14H13Cl2N3O2. The second-order valence-corrected chi connectivity index (χ2v) is 5.82. The number of hydrogen-bond acceptors (Lipinski definition) is 4. The van der Waals surface area contributed by atoms with Crippen LogP contribution in [0.25, 0.3) is 10.8 Å². The zero-order valence-electron chi connectivity index (χ0n) is 11.3. The van der Waals surface area contributed by atoms with Gasteiger partial charge in [-0.1, -0.05) is 23.2 Å². The van der Waals surface area contributed by atoms with Crippen LogP contribution < -0.4 is 5.32 Å². The number of fused-ring (bicyclic) bond motifs is 1. The molecule has 0 bridgehead atoms. The van der Waals surface area contributed by atoms with Crippen LogP contribution in [0.2, 0.25) is 10.3 Å². The maximum Gasteiger partial charge on any atom is 0.229 e. The van der Waals surface area contributed by atoms with Gasteiger partial charge in [0, 0.05) is 31.2 Å². The Morgan fingerprint density at radius 3 is 3.05 bits per heavy atom. The zero-order valence-corrected chi connectivity index (χ0v) is 12.8. The Hall–Kier alpha value is -1.43. The lowest BCUT2D eigenvalue weighted by atomic mass is 10.2. The Labute approximate surface area is 131 Å². The van der Waals surface area contributed by atoms with E-state index >= 15 is 0 Å². The van der Waals surface area contributed by atoms with Crippen LogP contribution in [0.3, 0.4) is 0 Å². The Morgan fingerprint density at radius 1 is 1.48 bits per heavy atom. The van der Waals surface area contributed by atoms with Crippen molar-refractivity contribution in [3.8, 4) is 0 Å². The van der Waals surface area contributed by atoms with Crippen molar-refractivity contribution in [3.05, 3.63) is 28.6 Å². The standard InChI is InChI=1S/C14H13Cl2N3O2/c1-21-6-8-2-9(8)14(20)19-12-4-7-3-11(15)18-13(16)10(7)5-17-12/h3-5,8-9H,2,6H2,1H3,(H,17,19,20)/t8-,9+/m1/s1. The van der Waals surface area contributed by atoms with E-state index in [4.69, 9.17) is 27.9 Å². The summed E-state index contributed by atoms with van der Waals surface area (Å²) in [6, 6.07) is 3.42. The summed E-state index contributed by atoms with van der Waals surface area (Å²) in [5, 5.41) is 4.90. The van der Waals surface area contributed by atoms with E-state index in [-0.39, 0.29) is 11.8 Å². The highest BCUT2D eigenvalue weighted by Gasteiger charge is 2.42. The van der Waals surface area contributed by atoms with E-state index in [2.05, 4.69) is 15.3 Å². The monoisotopic (exact) mass is 325 g/mol. The van der Waals surface area contributed by atoms with Crippen LogP contribution in [0.4, 0.5) is 5.82 Å². The number of anilines is 1. The van der Waals surface area contributed by atoms with Crippen molar-refractivity contribution in [2.24, 2.45) is 11.8 Å². The van der Waals surface area contributed by atoms with E-state index < -0.39 is 0 Å². The number of ether oxygens (including phenoxy) is 1. The first-order chi connectivity index (χ1) is 10.1. The summed E-state index contributed by atoms with van der Waals surface area (Å²) in [6.45, 7) is 0.611. The predicted octanol–water partition coefficient (Wildman–Crippen LogP) is 3.16. The Bertz CT molecular complexity index is 708. The molecule has 0 saturated heterocycles. The van der Waals surface area contributed by atoms with Crippen molar-refractivity contribution in [2.75, 3.05) is 19.0 Å². The van der Waals surface area contributed by atoms with Crippen molar-refractivity contribution in [1.29, 1.82) is 0 Å². The van der Waals surface area contributed by atoms with Crippen molar-refractivity contribution in [1.82, 2.24) is 9.97 Å². The molecule has 3 rings (SSSR count). The number of methoxy groups -OCH3 is 1. The van der Waals surface area contributed by atoms with Gasteiger partial charge in [-0.25, -0.2) is 9.97 Å². The van der Waals surface area contributed by atoms with Crippen LogP contribution in [0.15, 0.2) is 18.3 Å². The maximum absolute atomic E-state index is 12.1. The van der Waals surface area contributed by atoms with E-state index in [9.17, 15) is 4.79 Å². The molecule has 5 nitrogen and oxygen atoms in total. The van der Waals surface area contributed by atoms with Gasteiger partial charge in [0.05, 0.1) is 0 Å². The Balaban J connectivity index is 1.77. The Kier molecular flexibility index (Phi) is 3.97. The van der Waals surface area contributed by atoms with Gasteiger partial charge < -0.3 is 10.1 Å². The molecule has 0 unspecified atom stereocenters. The highest BCUT2D eigenvalue weighted by Crippen LogP contribution is 2.39. The molecular weight excluding hydrogens is 313 g/mol. The molecule has 0 radical (unpaired) electrons. The lowest BCUT2D eigenvalue weighted by molar-refractivity contribution is -0.117. The average Bonchev–Trinajstić information content (AvgIpc) is 3.18. The smallest absolute Gasteiger partial charge is 0.229 e. The summed E-state index contributed by atoms with van der Waals surface area (Å²) in [5.74, 6) is 0.764. The van der Waals surface area contributed by atoms with Crippen LogP contribution in [-0.2, 0) is 9.53 Å². The number of nitrogens with zero attached hydrogens (tertiary/aromatic N) is 2. The van der Waals surface area contributed by atoms with Gasteiger partial charge in [-0.05, 0) is 29.9 Å². The summed E-state index contributed by atoms with van der Waals surface area (Å²) >= 11 is 11.9. The Morgan fingerprint density at radius 2 is 2.29 bits per heavy atom. The minimum Gasteiger partial charge on any atom is -0.384 e. The first kappa shape index (κ1) is 14.5. The van der Waals surface area contributed by atoms with Crippen LogP contribution in [0.1, 0.15) is 6.42 Å². The van der Waals surface area contributed by atoms with E-state index in [1.807, 2.05) is 0 Å². The second-order valence-electron chi connectivity index (χ2n) is 5.07. The third-order valence-corrected chi connectivity index (χ3v) is 4.01. The van der Waals surface area contributed by atoms with Crippen LogP contribution in [-0.4, -0.2) is 29.6 Å². The fourth-order valence-electron chi connectivity index (χ4n) is 2.33. The van der Waals surface area contributed by atoms with E-state index in [1.165, 1.54) is 0 Å². The normalized spacial score (nSPS) is 20.5. The largest absolute Gasteiger partial charge is 0.384 e. The van der Waals surface area contributed by atoms with Gasteiger partial charge in [0.15, 0.2) is 0 Å². The SMILES string of the molecule is COC[C@H]1C[C@@H]1C(=O)Nc1cc2cc(Cl)nc(Cl)c2cn1. The minimum absolute atomic E-state index is 0.00654. The molecule has 1 saturated carbocycles. The van der Waals surface area contributed by atoms with Crippen LogP contribution in [0, 0.1) is 11.8 Å². The van der Waals surface area contributed by atoms with Crippen molar-refractivity contribution >= 4 is 45.7 Å². The summed E-state index contributed by atoms with van der Waals surface area (Å²) < 4.78 is 5.05. The van der Waals surface area contributed by atoms with Crippen LogP contribution >= 0.6 is 23.2 Å². The quantitative estimate of drug-likeness (QED) is 0.877. The zero-order chi connectivity index (χ0) is 15.0. The number of amides is 1. The molecule has 7 heteroatoms. The van der Waals surface area contributed by atoms with Gasteiger partial charge >= 0.3 is 0 Å². The lowest BCUT2D eigenvalue weighted by Gasteiger charge is -2.06. The number of carbonyl (C=O) groups excluding carboxylic acids is 1. The summed E-state index contributed by atoms with van der Waals surface area (Å²) in [7, 11) is 1.64. The third-order valence-electron chi connectivity index (χ3n) is 3.53. The molecule has 1 amide bonds. The van der Waals surface area contributed by atoms with Gasteiger partial charge in [-0.15, -0.1) is 0 Å². The van der Waals surface area contributed by atoms with Crippen molar-refractivity contribution in [3.63, 3.8) is 0 Å². The summed E-state index contributed by atoms with van der Waals surface area (Å²) in [6.07, 6.45) is 2.44. The maximum atomic E-state index is 12.1. The molecule has 1 fully saturated rings. The molecule has 110 valence electrons. The second kappa shape index (κ2) is 5.75. The fraction of sp³-hybridized carbons (Fsp3) is 0.357. The molecule has 2 heterocycles. The fourth-order valence-corrected chi connectivity index (χ4v) is 2.83. The van der Waals surface area contributed by atoms with Crippen molar-refractivity contribution < 1.29 is 9.53 Å². The number of halogens is 2. The highest BCUT2D eigenvalue weighted by molar-refractivity contribution is 6.36. The molecule has 2 aromatic heterocycles. The van der Waals surface area contributed by atoms with E-state index in [0.29, 0.717) is 34.0 Å². The predicted molar refractivity (Wildman–Crippen MR) is 81.7 cm³/mol. The minimum atomic E-state index is -0.0323.